The zero-order chi connectivity index (χ0) is 14.3. The summed E-state index contributed by atoms with van der Waals surface area (Å²) in [4.78, 5) is 2.36. The van der Waals surface area contributed by atoms with Gasteiger partial charge in [0.1, 0.15) is 5.75 Å². The highest BCUT2D eigenvalue weighted by atomic mass is 35.5. The van der Waals surface area contributed by atoms with Gasteiger partial charge in [0, 0.05) is 17.1 Å². The Balaban J connectivity index is 2.76. The van der Waals surface area contributed by atoms with Gasteiger partial charge in [-0.1, -0.05) is 49.9 Å². The molecule has 0 bridgehead atoms. The fraction of sp³-hybridized carbons (Fsp3) is 0.600. The van der Waals surface area contributed by atoms with Crippen LogP contribution in [0.3, 0.4) is 0 Å². The lowest BCUT2D eigenvalue weighted by Gasteiger charge is -2.22. The average Bonchev–Trinajstić information content (AvgIpc) is 2.38. The highest BCUT2D eigenvalue weighted by molar-refractivity contribution is 6.35. The van der Waals surface area contributed by atoms with E-state index in [1.165, 1.54) is 25.7 Å². The van der Waals surface area contributed by atoms with Crippen LogP contribution in [-0.4, -0.2) is 23.1 Å². The van der Waals surface area contributed by atoms with Crippen molar-refractivity contribution in [2.45, 2.75) is 46.1 Å². The van der Waals surface area contributed by atoms with Gasteiger partial charge in [-0.2, -0.15) is 0 Å². The predicted octanol–water partition coefficient (Wildman–Crippen LogP) is 5.10. The molecule has 0 aliphatic heterocycles. The van der Waals surface area contributed by atoms with Crippen molar-refractivity contribution in [3.05, 3.63) is 27.7 Å². The van der Waals surface area contributed by atoms with Crippen LogP contribution in [0.4, 0.5) is 0 Å². The summed E-state index contributed by atoms with van der Waals surface area (Å²) in [6.45, 7) is 7.16. The smallest absolute Gasteiger partial charge is 0.138 e. The Morgan fingerprint density at radius 1 is 1.05 bits per heavy atom. The van der Waals surface area contributed by atoms with Crippen LogP contribution in [0.1, 0.15) is 45.1 Å². The molecule has 1 aromatic carbocycles. The average molecular weight is 304 g/mol. The summed E-state index contributed by atoms with van der Waals surface area (Å²) in [6, 6.07) is 3.37. The molecule has 4 heteroatoms. The Kier molecular flexibility index (Phi) is 7.59. The van der Waals surface area contributed by atoms with Gasteiger partial charge in [-0.3, -0.25) is 4.90 Å². The van der Waals surface area contributed by atoms with E-state index in [9.17, 15) is 5.11 Å². The monoisotopic (exact) mass is 303 g/mol. The van der Waals surface area contributed by atoms with Gasteiger partial charge in [-0.25, -0.2) is 0 Å². The molecule has 0 radical (unpaired) electrons. The second-order valence-electron chi connectivity index (χ2n) is 4.88. The van der Waals surface area contributed by atoms with Crippen LogP contribution in [0.15, 0.2) is 12.1 Å². The number of hydrogen-bond donors (Lipinski definition) is 1. The number of halogens is 2. The molecular weight excluding hydrogens is 281 g/mol. The largest absolute Gasteiger partial charge is 0.506 e. The van der Waals surface area contributed by atoms with Gasteiger partial charge >= 0.3 is 0 Å². The van der Waals surface area contributed by atoms with Crippen LogP contribution in [0.25, 0.3) is 0 Å². The summed E-state index contributed by atoms with van der Waals surface area (Å²) in [5, 5.41) is 10.9. The van der Waals surface area contributed by atoms with E-state index >= 15 is 0 Å². The van der Waals surface area contributed by atoms with Crippen LogP contribution in [0.5, 0.6) is 5.75 Å². The maximum atomic E-state index is 10.0. The van der Waals surface area contributed by atoms with Crippen LogP contribution in [0.2, 0.25) is 10.0 Å². The number of aromatic hydroxyl groups is 1. The molecule has 0 aliphatic rings. The maximum Gasteiger partial charge on any atom is 0.138 e. The minimum absolute atomic E-state index is 0.157. The van der Waals surface area contributed by atoms with Crippen molar-refractivity contribution < 1.29 is 5.11 Å². The molecule has 0 aromatic heterocycles. The molecule has 0 spiro atoms. The zero-order valence-corrected chi connectivity index (χ0v) is 13.3. The van der Waals surface area contributed by atoms with E-state index in [2.05, 4.69) is 18.7 Å². The number of hydrogen-bond acceptors (Lipinski definition) is 2. The Bertz CT molecular complexity index is 388. The van der Waals surface area contributed by atoms with E-state index in [0.717, 1.165) is 18.7 Å². The summed E-state index contributed by atoms with van der Waals surface area (Å²) in [6.07, 6.45) is 4.67. The second-order valence-corrected chi connectivity index (χ2v) is 5.72. The maximum absolute atomic E-state index is 10.0. The lowest BCUT2D eigenvalue weighted by Crippen LogP contribution is -2.25. The molecule has 0 saturated heterocycles. The predicted molar refractivity (Wildman–Crippen MR) is 83.2 cm³/mol. The number of unbranched alkanes of at least 4 members (excludes halogenated alkanes) is 2. The molecule has 2 nitrogen and oxygen atoms in total. The van der Waals surface area contributed by atoms with Gasteiger partial charge in [0.05, 0.1) is 5.02 Å². The van der Waals surface area contributed by atoms with E-state index < -0.39 is 0 Å². The summed E-state index contributed by atoms with van der Waals surface area (Å²) in [7, 11) is 0. The molecule has 0 fully saturated rings. The lowest BCUT2D eigenvalue weighted by molar-refractivity contribution is 0.254. The van der Waals surface area contributed by atoms with Gasteiger partial charge in [0.25, 0.3) is 0 Å². The molecule has 1 aromatic rings. The fourth-order valence-corrected chi connectivity index (χ4v) is 2.55. The molecule has 19 heavy (non-hydrogen) atoms. The van der Waals surface area contributed by atoms with Crippen LogP contribution in [0, 0.1) is 0 Å². The van der Waals surface area contributed by atoms with E-state index in [-0.39, 0.29) is 5.75 Å². The number of rotatable bonds is 8. The first kappa shape index (κ1) is 16.6. The molecule has 0 atom stereocenters. The molecular formula is C15H23Cl2NO. The molecule has 1 N–H and O–H groups in total. The number of phenols is 1. The number of phenolic OH excluding ortho intramolecular Hbond substituents is 1. The normalized spacial score (nSPS) is 11.2. The van der Waals surface area contributed by atoms with Crippen molar-refractivity contribution in [2.75, 3.05) is 13.1 Å². The summed E-state index contributed by atoms with van der Waals surface area (Å²) < 4.78 is 0. The van der Waals surface area contributed by atoms with Crippen LogP contribution >= 0.6 is 23.2 Å². The molecule has 0 unspecified atom stereocenters. The molecule has 0 aliphatic carbocycles. The van der Waals surface area contributed by atoms with Crippen molar-refractivity contribution in [2.24, 2.45) is 0 Å². The van der Waals surface area contributed by atoms with Crippen molar-refractivity contribution in [1.29, 1.82) is 0 Å². The van der Waals surface area contributed by atoms with Crippen molar-refractivity contribution in [1.82, 2.24) is 4.90 Å². The second kappa shape index (κ2) is 8.68. The number of benzene rings is 1. The van der Waals surface area contributed by atoms with Crippen molar-refractivity contribution in [3.63, 3.8) is 0 Å². The molecule has 0 heterocycles. The van der Waals surface area contributed by atoms with Crippen LogP contribution in [-0.2, 0) is 6.54 Å². The lowest BCUT2D eigenvalue weighted by atomic mass is 10.1. The topological polar surface area (TPSA) is 23.5 Å². The van der Waals surface area contributed by atoms with E-state index in [4.69, 9.17) is 23.2 Å². The van der Waals surface area contributed by atoms with Crippen molar-refractivity contribution >= 4 is 23.2 Å². The van der Waals surface area contributed by atoms with E-state index in [1.807, 2.05) is 0 Å². The quantitative estimate of drug-likeness (QED) is 0.722. The van der Waals surface area contributed by atoms with E-state index in [1.54, 1.807) is 12.1 Å². The minimum Gasteiger partial charge on any atom is -0.506 e. The molecule has 1 rings (SSSR count). The van der Waals surface area contributed by atoms with Gasteiger partial charge < -0.3 is 5.11 Å². The Hall–Kier alpha value is -0.440. The fourth-order valence-electron chi connectivity index (χ4n) is 2.01. The third-order valence-corrected chi connectivity index (χ3v) is 3.66. The standard InChI is InChI=1S/C15H23Cl2NO/c1-3-5-7-18(8-6-4-2)11-12-9-13(16)10-14(17)15(12)19/h9-10,19H,3-8,11H2,1-2H3. The highest BCUT2D eigenvalue weighted by Gasteiger charge is 2.12. The minimum atomic E-state index is 0.157. The number of nitrogens with zero attached hydrogens (tertiary/aromatic N) is 1. The molecule has 0 saturated carbocycles. The summed E-state index contributed by atoms with van der Waals surface area (Å²) in [5.74, 6) is 0.157. The van der Waals surface area contributed by atoms with Gasteiger partial charge in [0.15, 0.2) is 0 Å². The first-order valence-corrected chi connectivity index (χ1v) is 7.73. The highest BCUT2D eigenvalue weighted by Crippen LogP contribution is 2.32. The Morgan fingerprint density at radius 3 is 2.16 bits per heavy atom. The van der Waals surface area contributed by atoms with Gasteiger partial charge in [-0.15, -0.1) is 0 Å². The van der Waals surface area contributed by atoms with Crippen LogP contribution < -0.4 is 0 Å². The SMILES string of the molecule is CCCCN(CCCC)Cc1cc(Cl)cc(Cl)c1O. The third kappa shape index (κ3) is 5.60. The molecule has 108 valence electrons. The summed E-state index contributed by atoms with van der Waals surface area (Å²) >= 11 is 12.0. The van der Waals surface area contributed by atoms with Gasteiger partial charge in [-0.05, 0) is 38.1 Å². The zero-order valence-electron chi connectivity index (χ0n) is 11.8. The molecule has 0 amide bonds. The Labute approximate surface area is 126 Å². The van der Waals surface area contributed by atoms with E-state index in [0.29, 0.717) is 16.6 Å². The van der Waals surface area contributed by atoms with Gasteiger partial charge in [0.2, 0.25) is 0 Å². The Morgan fingerprint density at radius 2 is 1.63 bits per heavy atom. The first-order valence-electron chi connectivity index (χ1n) is 6.97. The summed E-state index contributed by atoms with van der Waals surface area (Å²) in [5.41, 5.74) is 0.810. The first-order chi connectivity index (χ1) is 9.08. The van der Waals surface area contributed by atoms with Crippen molar-refractivity contribution in [3.8, 4) is 5.75 Å². The third-order valence-electron chi connectivity index (χ3n) is 3.16.